The average Bonchev–Trinajstić information content (AvgIpc) is 2.28. The fraction of sp³-hybridized carbons (Fsp3) is 0.333. The number of carbonyl (C=O) groups excluding carboxylic acids is 1. The molecule has 0 fully saturated rings. The summed E-state index contributed by atoms with van der Waals surface area (Å²) in [6.07, 6.45) is 1.44. The molecule has 3 nitrogen and oxygen atoms in total. The third kappa shape index (κ3) is 3.92. The van der Waals surface area contributed by atoms with Crippen LogP contribution in [-0.4, -0.2) is 11.9 Å². The molecule has 17 heavy (non-hydrogen) atoms. The summed E-state index contributed by atoms with van der Waals surface area (Å²) in [6, 6.07) is 6.17. The van der Waals surface area contributed by atoms with Gasteiger partial charge in [0.25, 0.3) is 5.91 Å². The summed E-state index contributed by atoms with van der Waals surface area (Å²) in [7, 11) is 0. The summed E-state index contributed by atoms with van der Waals surface area (Å²) in [6.45, 7) is 1.95. The van der Waals surface area contributed by atoms with Crippen LogP contribution in [0.4, 0.5) is 0 Å². The predicted molar refractivity (Wildman–Crippen MR) is 68.2 cm³/mol. The molecule has 0 saturated carbocycles. The lowest BCUT2D eigenvalue weighted by molar-refractivity contribution is 0.0944. The van der Waals surface area contributed by atoms with Crippen LogP contribution < -0.4 is 5.32 Å². The van der Waals surface area contributed by atoms with Gasteiger partial charge in [0.2, 0.25) is 0 Å². The number of nitrogens with zero attached hydrogens (tertiary/aromatic N) is 1. The molecule has 5 heteroatoms. The van der Waals surface area contributed by atoms with Gasteiger partial charge in [0.05, 0.1) is 16.7 Å². The van der Waals surface area contributed by atoms with Gasteiger partial charge in [-0.05, 0) is 24.6 Å². The zero-order valence-corrected chi connectivity index (χ0v) is 10.8. The maximum Gasteiger partial charge on any atom is 0.253 e. The molecule has 1 atom stereocenters. The van der Waals surface area contributed by atoms with Crippen molar-refractivity contribution < 1.29 is 4.79 Å². The van der Waals surface area contributed by atoms with Gasteiger partial charge in [-0.3, -0.25) is 4.79 Å². The van der Waals surface area contributed by atoms with Gasteiger partial charge < -0.3 is 5.32 Å². The standard InChI is InChI=1S/C12H12Cl2N2O/c1-2-3-9(7-15)16-12(17)10-5-4-8(13)6-11(10)14/h4-6,9H,2-3H2,1H3,(H,16,17). The Hall–Kier alpha value is -1.24. The number of nitrogens with one attached hydrogen (secondary N) is 1. The SMILES string of the molecule is CCCC(C#N)NC(=O)c1ccc(Cl)cc1Cl. The highest BCUT2D eigenvalue weighted by Gasteiger charge is 2.14. The van der Waals surface area contributed by atoms with E-state index in [4.69, 9.17) is 28.5 Å². The first-order valence-electron chi connectivity index (χ1n) is 5.24. The van der Waals surface area contributed by atoms with Crippen molar-refractivity contribution in [3.05, 3.63) is 33.8 Å². The monoisotopic (exact) mass is 270 g/mol. The van der Waals surface area contributed by atoms with E-state index < -0.39 is 6.04 Å². The van der Waals surface area contributed by atoms with E-state index in [1.807, 2.05) is 13.0 Å². The Morgan fingerprint density at radius 2 is 2.24 bits per heavy atom. The highest BCUT2D eigenvalue weighted by Crippen LogP contribution is 2.20. The topological polar surface area (TPSA) is 52.9 Å². The molecule has 1 unspecified atom stereocenters. The first-order chi connectivity index (χ1) is 8.08. The molecule has 0 aliphatic heterocycles. The zero-order valence-electron chi connectivity index (χ0n) is 9.34. The first kappa shape index (κ1) is 13.8. The van der Waals surface area contributed by atoms with Crippen LogP contribution in [0.3, 0.4) is 0 Å². The largest absolute Gasteiger partial charge is 0.336 e. The molecular formula is C12H12Cl2N2O. The number of nitriles is 1. The number of benzene rings is 1. The van der Waals surface area contributed by atoms with Crippen LogP contribution in [0.5, 0.6) is 0 Å². The zero-order chi connectivity index (χ0) is 12.8. The Bertz CT molecular complexity index is 454. The van der Waals surface area contributed by atoms with Crippen molar-refractivity contribution in [3.63, 3.8) is 0 Å². The smallest absolute Gasteiger partial charge is 0.253 e. The Kier molecular flexibility index (Phi) is 5.27. The van der Waals surface area contributed by atoms with E-state index >= 15 is 0 Å². The Morgan fingerprint density at radius 3 is 2.76 bits per heavy atom. The average molecular weight is 271 g/mol. The van der Waals surface area contributed by atoms with Crippen molar-refractivity contribution in [2.45, 2.75) is 25.8 Å². The molecule has 0 radical (unpaired) electrons. The number of rotatable bonds is 4. The number of hydrogen-bond acceptors (Lipinski definition) is 2. The van der Waals surface area contributed by atoms with Crippen molar-refractivity contribution in [2.75, 3.05) is 0 Å². The lowest BCUT2D eigenvalue weighted by atomic mass is 10.1. The minimum absolute atomic E-state index is 0.281. The van der Waals surface area contributed by atoms with Gasteiger partial charge in [-0.15, -0.1) is 0 Å². The van der Waals surface area contributed by atoms with Crippen LogP contribution in [0.15, 0.2) is 18.2 Å². The Morgan fingerprint density at radius 1 is 1.53 bits per heavy atom. The van der Waals surface area contributed by atoms with Crippen LogP contribution in [0, 0.1) is 11.3 Å². The second-order valence-corrected chi connectivity index (χ2v) is 4.41. The van der Waals surface area contributed by atoms with Gasteiger partial charge >= 0.3 is 0 Å². The predicted octanol–water partition coefficient (Wildman–Crippen LogP) is 3.42. The molecule has 1 rings (SSSR count). The van der Waals surface area contributed by atoms with E-state index in [0.29, 0.717) is 17.0 Å². The molecule has 0 saturated heterocycles. The molecular weight excluding hydrogens is 259 g/mol. The number of hydrogen-bond donors (Lipinski definition) is 1. The molecule has 0 bridgehead atoms. The summed E-state index contributed by atoms with van der Waals surface area (Å²) in [5.74, 6) is -0.355. The van der Waals surface area contributed by atoms with Gasteiger partial charge in [-0.25, -0.2) is 0 Å². The van der Waals surface area contributed by atoms with E-state index in [1.165, 1.54) is 6.07 Å². The maximum absolute atomic E-state index is 11.8. The lowest BCUT2D eigenvalue weighted by Gasteiger charge is -2.11. The van der Waals surface area contributed by atoms with Gasteiger partial charge in [0.1, 0.15) is 6.04 Å². The summed E-state index contributed by atoms with van der Waals surface area (Å²) in [5, 5.41) is 12.2. The van der Waals surface area contributed by atoms with Gasteiger partial charge in [0.15, 0.2) is 0 Å². The highest BCUT2D eigenvalue weighted by atomic mass is 35.5. The summed E-state index contributed by atoms with van der Waals surface area (Å²) < 4.78 is 0. The summed E-state index contributed by atoms with van der Waals surface area (Å²) >= 11 is 11.6. The fourth-order valence-electron chi connectivity index (χ4n) is 1.37. The fourth-order valence-corrected chi connectivity index (χ4v) is 1.86. The van der Waals surface area contributed by atoms with Crippen molar-refractivity contribution >= 4 is 29.1 Å². The van der Waals surface area contributed by atoms with E-state index in [9.17, 15) is 4.79 Å². The van der Waals surface area contributed by atoms with Crippen molar-refractivity contribution in [2.24, 2.45) is 0 Å². The van der Waals surface area contributed by atoms with E-state index in [0.717, 1.165) is 6.42 Å². The molecule has 90 valence electrons. The normalized spacial score (nSPS) is 11.6. The van der Waals surface area contributed by atoms with E-state index in [-0.39, 0.29) is 10.9 Å². The summed E-state index contributed by atoms with van der Waals surface area (Å²) in [4.78, 5) is 11.8. The van der Waals surface area contributed by atoms with Gasteiger partial charge in [-0.2, -0.15) is 5.26 Å². The molecule has 0 heterocycles. The van der Waals surface area contributed by atoms with E-state index in [1.54, 1.807) is 12.1 Å². The second-order valence-electron chi connectivity index (χ2n) is 3.57. The van der Waals surface area contributed by atoms with Crippen LogP contribution in [0.1, 0.15) is 30.1 Å². The molecule has 0 aliphatic rings. The van der Waals surface area contributed by atoms with Crippen LogP contribution in [-0.2, 0) is 0 Å². The molecule has 0 aromatic heterocycles. The highest BCUT2D eigenvalue weighted by molar-refractivity contribution is 6.36. The third-order valence-electron chi connectivity index (χ3n) is 2.21. The lowest BCUT2D eigenvalue weighted by Crippen LogP contribution is -2.33. The molecule has 0 spiro atoms. The van der Waals surface area contributed by atoms with Crippen LogP contribution in [0.25, 0.3) is 0 Å². The van der Waals surface area contributed by atoms with Crippen LogP contribution >= 0.6 is 23.2 Å². The molecule has 1 N–H and O–H groups in total. The maximum atomic E-state index is 11.8. The minimum Gasteiger partial charge on any atom is -0.336 e. The third-order valence-corrected chi connectivity index (χ3v) is 2.76. The quantitative estimate of drug-likeness (QED) is 0.912. The molecule has 0 aliphatic carbocycles. The summed E-state index contributed by atoms with van der Waals surface area (Å²) in [5.41, 5.74) is 0.326. The molecule has 1 aromatic carbocycles. The van der Waals surface area contributed by atoms with Gasteiger partial charge in [-0.1, -0.05) is 36.5 Å². The van der Waals surface area contributed by atoms with Crippen molar-refractivity contribution in [1.82, 2.24) is 5.32 Å². The number of halogens is 2. The van der Waals surface area contributed by atoms with Crippen LogP contribution in [0.2, 0.25) is 10.0 Å². The molecule has 1 aromatic rings. The Labute approximate surface area is 110 Å². The number of amides is 1. The molecule has 1 amide bonds. The second kappa shape index (κ2) is 6.48. The number of carbonyl (C=O) groups is 1. The van der Waals surface area contributed by atoms with Gasteiger partial charge in [0, 0.05) is 5.02 Å². The van der Waals surface area contributed by atoms with E-state index in [2.05, 4.69) is 5.32 Å². The van der Waals surface area contributed by atoms with Crippen molar-refractivity contribution in [1.29, 1.82) is 5.26 Å². The minimum atomic E-state index is -0.487. The Balaban J connectivity index is 2.79. The first-order valence-corrected chi connectivity index (χ1v) is 5.99. The van der Waals surface area contributed by atoms with Crippen molar-refractivity contribution in [3.8, 4) is 6.07 Å².